The lowest BCUT2D eigenvalue weighted by atomic mass is 9.74. The van der Waals surface area contributed by atoms with Crippen LogP contribution in [0.15, 0.2) is 24.3 Å². The number of hydrogen-bond acceptors (Lipinski definition) is 6. The molecule has 4 heterocycles. The third-order valence-corrected chi connectivity index (χ3v) is 9.72. The smallest absolute Gasteiger partial charge is 0.311 e. The summed E-state index contributed by atoms with van der Waals surface area (Å²) >= 11 is 1.56. The molecule has 7 nitrogen and oxygen atoms in total. The SMILES string of the molecule is CCCCCN1CC=C[C@]23S[C@]4(C)C=CCCOC(=O)[C@@H]4[C@H]2C(=O)N([C@@H](CO)CC(C)C)C3C1=O. The summed E-state index contributed by atoms with van der Waals surface area (Å²) in [4.78, 5) is 45.3. The number of carbonyl (C=O) groups excluding carboxylic acids is 3. The average Bonchev–Trinajstić information content (AvgIpc) is 3.13. The van der Waals surface area contributed by atoms with E-state index in [1.165, 1.54) is 0 Å². The number of rotatable bonds is 8. The van der Waals surface area contributed by atoms with Gasteiger partial charge in [-0.1, -0.05) is 57.9 Å². The fraction of sp³-hybridized carbons (Fsp3) is 0.741. The van der Waals surface area contributed by atoms with Crippen molar-refractivity contribution in [1.29, 1.82) is 0 Å². The summed E-state index contributed by atoms with van der Waals surface area (Å²) < 4.78 is 4.04. The molecule has 6 atom stereocenters. The summed E-state index contributed by atoms with van der Waals surface area (Å²) in [5.41, 5.74) is 0. The molecule has 8 heteroatoms. The number of nitrogens with zero attached hydrogens (tertiary/aromatic N) is 2. The Hall–Kier alpha value is -1.80. The molecule has 1 spiro atoms. The van der Waals surface area contributed by atoms with Crippen molar-refractivity contribution in [1.82, 2.24) is 9.80 Å². The normalized spacial score (nSPS) is 35.4. The summed E-state index contributed by atoms with van der Waals surface area (Å²) in [5.74, 6) is -1.82. The van der Waals surface area contributed by atoms with Crippen LogP contribution < -0.4 is 0 Å². The van der Waals surface area contributed by atoms with Crippen LogP contribution in [0.4, 0.5) is 0 Å². The van der Waals surface area contributed by atoms with Crippen molar-refractivity contribution >= 4 is 29.5 Å². The van der Waals surface area contributed by atoms with E-state index in [4.69, 9.17) is 4.74 Å². The van der Waals surface area contributed by atoms with Gasteiger partial charge in [-0.3, -0.25) is 14.4 Å². The van der Waals surface area contributed by atoms with E-state index >= 15 is 0 Å². The van der Waals surface area contributed by atoms with E-state index in [9.17, 15) is 19.5 Å². The van der Waals surface area contributed by atoms with E-state index in [-0.39, 0.29) is 30.3 Å². The second-order valence-corrected chi connectivity index (χ2v) is 12.8. The molecule has 1 N–H and O–H groups in total. The van der Waals surface area contributed by atoms with Crippen molar-refractivity contribution in [3.8, 4) is 0 Å². The molecule has 2 fully saturated rings. The average molecular weight is 505 g/mol. The quantitative estimate of drug-likeness (QED) is 0.310. The highest BCUT2D eigenvalue weighted by atomic mass is 32.2. The van der Waals surface area contributed by atoms with Gasteiger partial charge in [-0.05, 0) is 32.1 Å². The van der Waals surface area contributed by atoms with Gasteiger partial charge in [-0.15, -0.1) is 11.8 Å². The molecule has 2 saturated heterocycles. The zero-order valence-electron chi connectivity index (χ0n) is 21.4. The van der Waals surface area contributed by atoms with E-state index in [0.717, 1.165) is 19.3 Å². The summed E-state index contributed by atoms with van der Waals surface area (Å²) in [5, 5.41) is 10.4. The second kappa shape index (κ2) is 10.3. The molecular formula is C27H40N2O5S. The molecule has 4 aliphatic heterocycles. The molecule has 0 radical (unpaired) electrons. The number of aliphatic hydroxyl groups excluding tert-OH is 1. The van der Waals surface area contributed by atoms with Gasteiger partial charge in [-0.2, -0.15) is 0 Å². The van der Waals surface area contributed by atoms with E-state index < -0.39 is 33.4 Å². The summed E-state index contributed by atoms with van der Waals surface area (Å²) in [6.07, 6.45) is 12.3. The Morgan fingerprint density at radius 3 is 2.60 bits per heavy atom. The highest BCUT2D eigenvalue weighted by molar-refractivity contribution is 8.02. The van der Waals surface area contributed by atoms with Crippen LogP contribution >= 0.6 is 11.8 Å². The lowest BCUT2D eigenvalue weighted by molar-refractivity contribution is -0.155. The highest BCUT2D eigenvalue weighted by Gasteiger charge is 2.74. The standard InChI is InChI=1S/C27H40N2O5S/c1-5-6-8-13-28-14-10-12-27-20(21-25(33)34-15-9-7-11-26(21,4)35-27)23(31)29(22(27)24(28)32)19(17-30)16-18(2)3/h7,10-12,18-22,30H,5-6,8-9,13-17H2,1-4H3/t19-,20+,21+,22?,26-,27+/m1/s1. The lowest BCUT2D eigenvalue weighted by Crippen LogP contribution is -2.57. The minimum Gasteiger partial charge on any atom is -0.465 e. The molecule has 0 saturated carbocycles. The summed E-state index contributed by atoms with van der Waals surface area (Å²) in [6, 6.07) is -1.23. The zero-order chi connectivity index (χ0) is 25.4. The van der Waals surface area contributed by atoms with Gasteiger partial charge < -0.3 is 19.6 Å². The molecule has 35 heavy (non-hydrogen) atoms. The molecule has 2 amide bonds. The Balaban J connectivity index is 1.83. The number of unbranched alkanes of at least 4 members (excludes halogenated alkanes) is 2. The largest absolute Gasteiger partial charge is 0.465 e. The Morgan fingerprint density at radius 1 is 1.14 bits per heavy atom. The fourth-order valence-corrected chi connectivity index (χ4v) is 8.58. The zero-order valence-corrected chi connectivity index (χ0v) is 22.3. The van der Waals surface area contributed by atoms with Gasteiger partial charge in [0, 0.05) is 17.8 Å². The summed E-state index contributed by atoms with van der Waals surface area (Å²) in [6.45, 7) is 9.43. The van der Waals surface area contributed by atoms with Gasteiger partial charge >= 0.3 is 5.97 Å². The third-order valence-electron chi connectivity index (χ3n) is 7.92. The number of carbonyl (C=O) groups is 3. The Kier molecular flexibility index (Phi) is 7.72. The predicted octanol–water partition coefficient (Wildman–Crippen LogP) is 3.17. The molecule has 0 aromatic heterocycles. The van der Waals surface area contributed by atoms with Gasteiger partial charge in [0.15, 0.2) is 0 Å². The molecule has 194 valence electrons. The van der Waals surface area contributed by atoms with E-state index in [2.05, 4.69) is 20.8 Å². The maximum absolute atomic E-state index is 14.3. The first-order valence-electron chi connectivity index (χ1n) is 13.1. The van der Waals surface area contributed by atoms with Crippen LogP contribution in [0.3, 0.4) is 0 Å². The van der Waals surface area contributed by atoms with E-state index in [1.807, 2.05) is 36.1 Å². The van der Waals surface area contributed by atoms with Crippen molar-refractivity contribution < 1.29 is 24.2 Å². The van der Waals surface area contributed by atoms with E-state index in [1.54, 1.807) is 16.7 Å². The first-order chi connectivity index (χ1) is 16.7. The first-order valence-corrected chi connectivity index (χ1v) is 14.0. The Morgan fingerprint density at radius 2 is 1.91 bits per heavy atom. The molecule has 0 aromatic carbocycles. The number of likely N-dealkylation sites (tertiary alicyclic amines) is 1. The Labute approximate surface area is 213 Å². The fourth-order valence-electron chi connectivity index (χ4n) is 6.44. The van der Waals surface area contributed by atoms with Crippen molar-refractivity contribution in [3.63, 3.8) is 0 Å². The van der Waals surface area contributed by atoms with Crippen molar-refractivity contribution in [2.24, 2.45) is 17.8 Å². The maximum Gasteiger partial charge on any atom is 0.311 e. The van der Waals surface area contributed by atoms with Gasteiger partial charge in [0.05, 0.1) is 35.8 Å². The van der Waals surface area contributed by atoms with Gasteiger partial charge in [0.25, 0.3) is 0 Å². The minimum absolute atomic E-state index is 0.0770. The van der Waals surface area contributed by atoms with E-state index in [0.29, 0.717) is 32.5 Å². The number of ether oxygens (including phenoxy) is 1. The van der Waals surface area contributed by atoms with Gasteiger partial charge in [0.1, 0.15) is 6.04 Å². The van der Waals surface area contributed by atoms with Crippen LogP contribution in [-0.4, -0.2) is 80.6 Å². The van der Waals surface area contributed by atoms with Crippen LogP contribution in [0.2, 0.25) is 0 Å². The lowest BCUT2D eigenvalue weighted by Gasteiger charge is -2.40. The second-order valence-electron chi connectivity index (χ2n) is 11.0. The predicted molar refractivity (Wildman–Crippen MR) is 137 cm³/mol. The molecule has 4 aliphatic rings. The number of fused-ring (bicyclic) bond motifs is 2. The van der Waals surface area contributed by atoms with Crippen molar-refractivity contribution in [2.45, 2.75) is 81.4 Å². The monoisotopic (exact) mass is 504 g/mol. The number of amides is 2. The van der Waals surface area contributed by atoms with Crippen LogP contribution in [-0.2, 0) is 19.1 Å². The minimum atomic E-state index is -0.884. The van der Waals surface area contributed by atoms with Gasteiger partial charge in [0.2, 0.25) is 11.8 Å². The molecular weight excluding hydrogens is 464 g/mol. The number of cyclic esters (lactones) is 1. The van der Waals surface area contributed by atoms with Crippen LogP contribution in [0.25, 0.3) is 0 Å². The first kappa shape index (κ1) is 26.3. The topological polar surface area (TPSA) is 87.2 Å². The molecule has 0 aromatic rings. The number of thioether (sulfide) groups is 1. The highest BCUT2D eigenvalue weighted by Crippen LogP contribution is 2.65. The summed E-state index contributed by atoms with van der Waals surface area (Å²) in [7, 11) is 0. The van der Waals surface area contributed by atoms with Crippen LogP contribution in [0, 0.1) is 17.8 Å². The molecule has 0 aliphatic carbocycles. The van der Waals surface area contributed by atoms with Crippen LogP contribution in [0.1, 0.15) is 59.8 Å². The third kappa shape index (κ3) is 4.45. The van der Waals surface area contributed by atoms with Gasteiger partial charge in [-0.25, -0.2) is 0 Å². The number of aliphatic hydroxyl groups is 1. The van der Waals surface area contributed by atoms with Crippen molar-refractivity contribution in [3.05, 3.63) is 24.3 Å². The maximum atomic E-state index is 14.3. The number of esters is 1. The molecule has 4 rings (SSSR count). The number of hydrogen-bond donors (Lipinski definition) is 1. The van der Waals surface area contributed by atoms with Crippen LogP contribution in [0.5, 0.6) is 0 Å². The Bertz CT molecular complexity index is 904. The molecule has 0 bridgehead atoms. The molecule has 1 unspecified atom stereocenters. The van der Waals surface area contributed by atoms with Crippen molar-refractivity contribution in [2.75, 3.05) is 26.3 Å².